The molecule has 0 saturated heterocycles. The predicted octanol–water partition coefficient (Wildman–Crippen LogP) is 0.698. The third-order valence-corrected chi connectivity index (χ3v) is 1.43. The van der Waals surface area contributed by atoms with Gasteiger partial charge in [-0.3, -0.25) is 0 Å². The van der Waals surface area contributed by atoms with Gasteiger partial charge in [0.25, 0.3) is 0 Å². The van der Waals surface area contributed by atoms with Gasteiger partial charge in [0.05, 0.1) is 20.3 Å². The molecule has 0 saturated carbocycles. The summed E-state index contributed by atoms with van der Waals surface area (Å²) in [5, 5.41) is 0. The van der Waals surface area contributed by atoms with Crippen molar-refractivity contribution in [1.29, 1.82) is 0 Å². The molecule has 0 radical (unpaired) electrons. The average molecular weight is 188 g/mol. The molecule has 1 aliphatic heterocycles. The summed E-state index contributed by atoms with van der Waals surface area (Å²) in [6, 6.07) is 0. The van der Waals surface area contributed by atoms with Gasteiger partial charge in [-0.25, -0.2) is 4.79 Å². The summed E-state index contributed by atoms with van der Waals surface area (Å²) in [5.41, 5.74) is 0. The third kappa shape index (κ3) is 3.91. The lowest BCUT2D eigenvalue weighted by molar-refractivity contribution is -0.0754. The van der Waals surface area contributed by atoms with E-state index >= 15 is 0 Å². The van der Waals surface area contributed by atoms with E-state index in [4.69, 9.17) is 14.2 Å². The van der Waals surface area contributed by atoms with Crippen LogP contribution in [0.3, 0.4) is 0 Å². The Hall–Kier alpha value is -1.07. The van der Waals surface area contributed by atoms with Crippen LogP contribution in [-0.2, 0) is 18.9 Å². The van der Waals surface area contributed by atoms with E-state index in [0.717, 1.165) is 0 Å². The Morgan fingerprint density at radius 2 is 2.38 bits per heavy atom. The standard InChI is InChI=1S/C8H12O5/c1-10-8(9)13-7-3-2-4-11-6-12-5-7/h2-3,7H,4-6H2,1H3/b3-2+. The number of rotatable bonds is 1. The third-order valence-electron chi connectivity index (χ3n) is 1.43. The zero-order valence-electron chi connectivity index (χ0n) is 7.39. The van der Waals surface area contributed by atoms with Gasteiger partial charge in [0.15, 0.2) is 0 Å². The van der Waals surface area contributed by atoms with Crippen LogP contribution in [0.15, 0.2) is 12.2 Å². The van der Waals surface area contributed by atoms with Crippen molar-refractivity contribution in [3.05, 3.63) is 12.2 Å². The number of methoxy groups -OCH3 is 1. The summed E-state index contributed by atoms with van der Waals surface area (Å²) in [7, 11) is 1.26. The molecule has 1 atom stereocenters. The first-order chi connectivity index (χ1) is 6.33. The zero-order chi connectivity index (χ0) is 9.52. The Bertz CT molecular complexity index is 189. The quantitative estimate of drug-likeness (QED) is 0.448. The minimum Gasteiger partial charge on any atom is -0.438 e. The highest BCUT2D eigenvalue weighted by Crippen LogP contribution is 2.01. The molecule has 1 rings (SSSR count). The maximum absolute atomic E-state index is 10.7. The Labute approximate surface area is 76.2 Å². The van der Waals surface area contributed by atoms with Gasteiger partial charge in [0, 0.05) is 0 Å². The fourth-order valence-corrected chi connectivity index (χ4v) is 0.847. The lowest BCUT2D eigenvalue weighted by atomic mass is 10.3. The van der Waals surface area contributed by atoms with Gasteiger partial charge in [-0.1, -0.05) is 6.08 Å². The highest BCUT2D eigenvalue weighted by molar-refractivity contribution is 5.60. The first-order valence-electron chi connectivity index (χ1n) is 3.89. The SMILES string of the molecule is COC(=O)OC1/C=C/COCOC1. The Morgan fingerprint density at radius 3 is 3.15 bits per heavy atom. The van der Waals surface area contributed by atoms with Gasteiger partial charge >= 0.3 is 6.16 Å². The molecule has 1 heterocycles. The van der Waals surface area contributed by atoms with Crippen LogP contribution in [0, 0.1) is 0 Å². The molecule has 0 N–H and O–H groups in total. The van der Waals surface area contributed by atoms with Crippen LogP contribution >= 0.6 is 0 Å². The smallest absolute Gasteiger partial charge is 0.438 e. The van der Waals surface area contributed by atoms with Gasteiger partial charge < -0.3 is 18.9 Å². The van der Waals surface area contributed by atoms with E-state index in [0.29, 0.717) is 6.61 Å². The second kappa shape index (κ2) is 5.55. The van der Waals surface area contributed by atoms with Crippen molar-refractivity contribution in [2.75, 3.05) is 27.1 Å². The van der Waals surface area contributed by atoms with E-state index in [-0.39, 0.29) is 13.4 Å². The number of carbonyl (C=O) groups is 1. The second-order valence-corrected chi connectivity index (χ2v) is 2.40. The highest BCUT2D eigenvalue weighted by Gasteiger charge is 2.12. The van der Waals surface area contributed by atoms with Crippen LogP contribution in [0.4, 0.5) is 4.79 Å². The van der Waals surface area contributed by atoms with Crippen LogP contribution in [-0.4, -0.2) is 39.4 Å². The van der Waals surface area contributed by atoms with E-state index in [9.17, 15) is 4.79 Å². The van der Waals surface area contributed by atoms with E-state index in [1.54, 1.807) is 12.2 Å². The lowest BCUT2D eigenvalue weighted by Gasteiger charge is -2.15. The lowest BCUT2D eigenvalue weighted by Crippen LogP contribution is -2.23. The molecule has 0 aromatic rings. The molecule has 0 aromatic heterocycles. The molecule has 74 valence electrons. The molecule has 5 nitrogen and oxygen atoms in total. The normalized spacial score (nSPS) is 25.5. The van der Waals surface area contributed by atoms with Gasteiger partial charge in [-0.2, -0.15) is 0 Å². The van der Waals surface area contributed by atoms with E-state index in [1.807, 2.05) is 0 Å². The van der Waals surface area contributed by atoms with Gasteiger partial charge in [-0.05, 0) is 6.08 Å². The van der Waals surface area contributed by atoms with Gasteiger partial charge in [0.1, 0.15) is 12.9 Å². The zero-order valence-corrected chi connectivity index (χ0v) is 7.39. The van der Waals surface area contributed by atoms with E-state index < -0.39 is 12.3 Å². The topological polar surface area (TPSA) is 54.0 Å². The molecule has 0 amide bonds. The molecule has 0 bridgehead atoms. The van der Waals surface area contributed by atoms with E-state index in [2.05, 4.69) is 4.74 Å². The van der Waals surface area contributed by atoms with Crippen LogP contribution < -0.4 is 0 Å². The highest BCUT2D eigenvalue weighted by atomic mass is 16.7. The first kappa shape index (κ1) is 10.0. The summed E-state index contributed by atoms with van der Waals surface area (Å²) >= 11 is 0. The number of ether oxygens (including phenoxy) is 4. The van der Waals surface area contributed by atoms with Crippen LogP contribution in [0.1, 0.15) is 0 Å². The summed E-state index contributed by atoms with van der Waals surface area (Å²) < 4.78 is 19.2. The second-order valence-electron chi connectivity index (χ2n) is 2.40. The Kier molecular flexibility index (Phi) is 4.28. The Balaban J connectivity index is 2.37. The maximum Gasteiger partial charge on any atom is 0.508 e. The molecule has 0 spiro atoms. The van der Waals surface area contributed by atoms with Crippen LogP contribution in [0.25, 0.3) is 0 Å². The number of hydrogen-bond acceptors (Lipinski definition) is 5. The van der Waals surface area contributed by atoms with Crippen LogP contribution in [0.5, 0.6) is 0 Å². The van der Waals surface area contributed by atoms with Crippen molar-refractivity contribution >= 4 is 6.16 Å². The molecule has 1 unspecified atom stereocenters. The summed E-state index contributed by atoms with van der Waals surface area (Å²) in [6.07, 6.45) is 2.38. The molecule has 0 aliphatic carbocycles. The molecular formula is C8H12O5. The van der Waals surface area contributed by atoms with Crippen molar-refractivity contribution in [3.63, 3.8) is 0 Å². The minimum atomic E-state index is -0.709. The molecular weight excluding hydrogens is 176 g/mol. The minimum absolute atomic E-state index is 0.214. The summed E-state index contributed by atoms with van der Waals surface area (Å²) in [6.45, 7) is 0.956. The van der Waals surface area contributed by atoms with Gasteiger partial charge in [0.2, 0.25) is 0 Å². The Morgan fingerprint density at radius 1 is 1.54 bits per heavy atom. The molecule has 0 aromatic carbocycles. The van der Waals surface area contributed by atoms with Crippen molar-refractivity contribution in [2.45, 2.75) is 6.10 Å². The number of carbonyl (C=O) groups excluding carboxylic acids is 1. The molecule has 0 fully saturated rings. The van der Waals surface area contributed by atoms with Crippen molar-refractivity contribution in [2.24, 2.45) is 0 Å². The summed E-state index contributed by atoms with van der Waals surface area (Å²) in [5.74, 6) is 0. The fraction of sp³-hybridized carbons (Fsp3) is 0.625. The summed E-state index contributed by atoms with van der Waals surface area (Å²) in [4.78, 5) is 10.7. The number of hydrogen-bond donors (Lipinski definition) is 0. The molecule has 1 aliphatic rings. The monoisotopic (exact) mass is 188 g/mol. The first-order valence-corrected chi connectivity index (χ1v) is 3.89. The molecule has 13 heavy (non-hydrogen) atoms. The largest absolute Gasteiger partial charge is 0.508 e. The van der Waals surface area contributed by atoms with Gasteiger partial charge in [-0.15, -0.1) is 0 Å². The van der Waals surface area contributed by atoms with Crippen molar-refractivity contribution in [3.8, 4) is 0 Å². The maximum atomic E-state index is 10.7. The fourth-order valence-electron chi connectivity index (χ4n) is 0.847. The predicted molar refractivity (Wildman–Crippen MR) is 43.2 cm³/mol. The van der Waals surface area contributed by atoms with Crippen LogP contribution in [0.2, 0.25) is 0 Å². The van der Waals surface area contributed by atoms with E-state index in [1.165, 1.54) is 7.11 Å². The average Bonchev–Trinajstić information content (AvgIpc) is 2.09. The van der Waals surface area contributed by atoms with Crippen molar-refractivity contribution in [1.82, 2.24) is 0 Å². The van der Waals surface area contributed by atoms with Crippen molar-refractivity contribution < 1.29 is 23.7 Å². The molecule has 5 heteroatoms.